The summed E-state index contributed by atoms with van der Waals surface area (Å²) in [6, 6.07) is 3.32. The summed E-state index contributed by atoms with van der Waals surface area (Å²) in [6.07, 6.45) is -1.27. The van der Waals surface area contributed by atoms with Crippen molar-refractivity contribution in [3.63, 3.8) is 0 Å². The Morgan fingerprint density at radius 3 is 2.50 bits per heavy atom. The zero-order chi connectivity index (χ0) is 15.1. The summed E-state index contributed by atoms with van der Waals surface area (Å²) >= 11 is 0. The molecule has 4 nitrogen and oxygen atoms in total. The average molecular weight is 287 g/mol. The highest BCUT2D eigenvalue weighted by Crippen LogP contribution is 2.19. The number of carbonyl (C=O) groups is 1. The third-order valence-corrected chi connectivity index (χ3v) is 2.61. The molecule has 0 saturated carbocycles. The van der Waals surface area contributed by atoms with Crippen molar-refractivity contribution in [1.29, 1.82) is 0 Å². The van der Waals surface area contributed by atoms with E-state index >= 15 is 0 Å². The van der Waals surface area contributed by atoms with Gasteiger partial charge in [0.1, 0.15) is 17.7 Å². The molecular formula is C14H19F2NO3. The van der Waals surface area contributed by atoms with E-state index in [1.807, 2.05) is 13.8 Å². The van der Waals surface area contributed by atoms with E-state index in [2.05, 4.69) is 5.32 Å². The van der Waals surface area contributed by atoms with Crippen LogP contribution in [0, 0.1) is 11.6 Å². The van der Waals surface area contributed by atoms with E-state index in [0.29, 0.717) is 0 Å². The van der Waals surface area contributed by atoms with Crippen LogP contribution in [0.2, 0.25) is 0 Å². The molecule has 2 N–H and O–H groups in total. The fraction of sp³-hybridized carbons (Fsp3) is 0.500. The number of halogens is 2. The van der Waals surface area contributed by atoms with E-state index in [-0.39, 0.29) is 31.6 Å². The van der Waals surface area contributed by atoms with Gasteiger partial charge in [-0.05, 0) is 26.0 Å². The summed E-state index contributed by atoms with van der Waals surface area (Å²) in [6.45, 7) is 3.71. The lowest BCUT2D eigenvalue weighted by Gasteiger charge is -2.14. The maximum absolute atomic E-state index is 13.4. The topological polar surface area (TPSA) is 58.6 Å². The Morgan fingerprint density at radius 2 is 1.95 bits per heavy atom. The molecule has 112 valence electrons. The highest BCUT2D eigenvalue weighted by atomic mass is 19.1. The summed E-state index contributed by atoms with van der Waals surface area (Å²) < 4.78 is 32.0. The van der Waals surface area contributed by atoms with Gasteiger partial charge in [-0.2, -0.15) is 0 Å². The first-order chi connectivity index (χ1) is 9.41. The summed E-state index contributed by atoms with van der Waals surface area (Å²) in [4.78, 5) is 11.4. The van der Waals surface area contributed by atoms with Gasteiger partial charge in [-0.3, -0.25) is 4.79 Å². The van der Waals surface area contributed by atoms with Crippen LogP contribution in [0.15, 0.2) is 18.2 Å². The molecule has 0 unspecified atom stereocenters. The molecule has 0 aliphatic heterocycles. The first-order valence-electron chi connectivity index (χ1n) is 6.42. The van der Waals surface area contributed by atoms with Gasteiger partial charge < -0.3 is 15.2 Å². The lowest BCUT2D eigenvalue weighted by Crippen LogP contribution is -2.30. The van der Waals surface area contributed by atoms with Crippen LogP contribution in [-0.2, 0) is 9.53 Å². The molecule has 0 aliphatic rings. The van der Waals surface area contributed by atoms with Gasteiger partial charge in [0, 0.05) is 13.0 Å². The molecular weight excluding hydrogens is 268 g/mol. The molecule has 0 saturated heterocycles. The maximum Gasteiger partial charge on any atom is 0.222 e. The molecule has 0 bridgehead atoms. The van der Waals surface area contributed by atoms with Gasteiger partial charge in [0.05, 0.1) is 18.3 Å². The standard InChI is InChI=1S/C14H19F2NO3/c1-9(2)20-7-6-13(19)17-8-12(18)14-10(15)4-3-5-11(14)16/h3-5,9,12,18H,6-8H2,1-2H3,(H,17,19)/t12-/m0/s1. The highest BCUT2D eigenvalue weighted by Gasteiger charge is 2.18. The Balaban J connectivity index is 2.43. The molecule has 1 rings (SSSR count). The number of amides is 1. The first kappa shape index (κ1) is 16.5. The highest BCUT2D eigenvalue weighted by molar-refractivity contribution is 5.76. The third-order valence-electron chi connectivity index (χ3n) is 2.61. The fourth-order valence-corrected chi connectivity index (χ4v) is 1.62. The summed E-state index contributed by atoms with van der Waals surface area (Å²) in [7, 11) is 0. The van der Waals surface area contributed by atoms with Gasteiger partial charge in [0.15, 0.2) is 0 Å². The van der Waals surface area contributed by atoms with E-state index in [0.717, 1.165) is 12.1 Å². The van der Waals surface area contributed by atoms with Crippen molar-refractivity contribution in [2.45, 2.75) is 32.5 Å². The second-order valence-corrected chi connectivity index (χ2v) is 4.62. The van der Waals surface area contributed by atoms with Gasteiger partial charge in [-0.1, -0.05) is 6.07 Å². The molecule has 0 radical (unpaired) electrons. The predicted molar refractivity (Wildman–Crippen MR) is 70.0 cm³/mol. The minimum atomic E-state index is -1.42. The zero-order valence-electron chi connectivity index (χ0n) is 11.5. The zero-order valence-corrected chi connectivity index (χ0v) is 11.5. The first-order valence-corrected chi connectivity index (χ1v) is 6.42. The number of hydrogen-bond acceptors (Lipinski definition) is 3. The van der Waals surface area contributed by atoms with Gasteiger partial charge in [-0.15, -0.1) is 0 Å². The molecule has 20 heavy (non-hydrogen) atoms. The average Bonchev–Trinajstić information content (AvgIpc) is 2.35. The normalized spacial score (nSPS) is 12.5. The van der Waals surface area contributed by atoms with E-state index in [1.165, 1.54) is 6.07 Å². The molecule has 0 spiro atoms. The lowest BCUT2D eigenvalue weighted by atomic mass is 10.1. The molecule has 1 aromatic rings. The molecule has 0 fully saturated rings. The quantitative estimate of drug-likeness (QED) is 0.805. The van der Waals surface area contributed by atoms with Gasteiger partial charge in [-0.25, -0.2) is 8.78 Å². The van der Waals surface area contributed by atoms with E-state index in [9.17, 15) is 18.7 Å². The summed E-state index contributed by atoms with van der Waals surface area (Å²) in [5.74, 6) is -2.02. The van der Waals surface area contributed by atoms with Crippen LogP contribution in [0.1, 0.15) is 31.9 Å². The monoisotopic (exact) mass is 287 g/mol. The molecule has 1 atom stereocenters. The number of nitrogens with one attached hydrogen (secondary N) is 1. The van der Waals surface area contributed by atoms with E-state index in [1.54, 1.807) is 0 Å². The molecule has 0 aromatic heterocycles. The third kappa shape index (κ3) is 5.22. The number of aliphatic hydroxyl groups is 1. The van der Waals surface area contributed by atoms with Crippen molar-refractivity contribution in [1.82, 2.24) is 5.32 Å². The summed E-state index contributed by atoms with van der Waals surface area (Å²) in [5.41, 5.74) is -0.439. The van der Waals surface area contributed by atoms with Crippen LogP contribution in [0.5, 0.6) is 0 Å². The number of carbonyl (C=O) groups excluding carboxylic acids is 1. The van der Waals surface area contributed by atoms with Crippen molar-refractivity contribution >= 4 is 5.91 Å². The molecule has 6 heteroatoms. The Hall–Kier alpha value is -1.53. The van der Waals surface area contributed by atoms with Crippen LogP contribution >= 0.6 is 0 Å². The van der Waals surface area contributed by atoms with Crippen LogP contribution in [0.25, 0.3) is 0 Å². The summed E-state index contributed by atoms with van der Waals surface area (Å²) in [5, 5.41) is 12.1. The van der Waals surface area contributed by atoms with E-state index in [4.69, 9.17) is 4.74 Å². The van der Waals surface area contributed by atoms with Crippen molar-refractivity contribution in [3.05, 3.63) is 35.4 Å². The minimum Gasteiger partial charge on any atom is -0.386 e. The minimum absolute atomic E-state index is 0.0286. The second kappa shape index (κ2) is 7.91. The van der Waals surface area contributed by atoms with Crippen molar-refractivity contribution in [2.75, 3.05) is 13.2 Å². The maximum atomic E-state index is 13.4. The molecule has 0 heterocycles. The second-order valence-electron chi connectivity index (χ2n) is 4.62. The largest absolute Gasteiger partial charge is 0.386 e. The number of rotatable bonds is 7. The number of ether oxygens (including phenoxy) is 1. The number of benzene rings is 1. The molecule has 1 amide bonds. The Kier molecular flexibility index (Phi) is 6.54. The Labute approximate surface area is 116 Å². The van der Waals surface area contributed by atoms with Crippen LogP contribution in [0.4, 0.5) is 8.78 Å². The molecule has 1 aromatic carbocycles. The van der Waals surface area contributed by atoms with Crippen molar-refractivity contribution < 1.29 is 23.4 Å². The molecule has 0 aliphatic carbocycles. The Bertz CT molecular complexity index is 432. The number of hydrogen-bond donors (Lipinski definition) is 2. The number of aliphatic hydroxyl groups excluding tert-OH is 1. The fourth-order valence-electron chi connectivity index (χ4n) is 1.62. The van der Waals surface area contributed by atoms with Gasteiger partial charge >= 0.3 is 0 Å². The van der Waals surface area contributed by atoms with Gasteiger partial charge in [0.2, 0.25) is 5.91 Å². The van der Waals surface area contributed by atoms with Crippen LogP contribution in [0.3, 0.4) is 0 Å². The lowest BCUT2D eigenvalue weighted by molar-refractivity contribution is -0.123. The van der Waals surface area contributed by atoms with Crippen LogP contribution in [-0.4, -0.2) is 30.3 Å². The smallest absolute Gasteiger partial charge is 0.222 e. The van der Waals surface area contributed by atoms with Crippen molar-refractivity contribution in [2.24, 2.45) is 0 Å². The Morgan fingerprint density at radius 1 is 1.35 bits per heavy atom. The van der Waals surface area contributed by atoms with E-state index < -0.39 is 23.3 Å². The SMILES string of the molecule is CC(C)OCCC(=O)NC[C@H](O)c1c(F)cccc1F. The van der Waals surface area contributed by atoms with Crippen LogP contribution < -0.4 is 5.32 Å². The van der Waals surface area contributed by atoms with Crippen molar-refractivity contribution in [3.8, 4) is 0 Å². The van der Waals surface area contributed by atoms with Gasteiger partial charge in [0.25, 0.3) is 0 Å². The predicted octanol–water partition coefficient (Wildman–Crippen LogP) is 1.93.